The van der Waals surface area contributed by atoms with Gasteiger partial charge in [0.1, 0.15) is 11.6 Å². The van der Waals surface area contributed by atoms with Crippen LogP contribution in [0.15, 0.2) is 38.9 Å². The van der Waals surface area contributed by atoms with E-state index in [0.717, 1.165) is 41.3 Å². The summed E-state index contributed by atoms with van der Waals surface area (Å²) in [7, 11) is -0.659. The van der Waals surface area contributed by atoms with Crippen molar-refractivity contribution in [2.24, 2.45) is 14.1 Å². The van der Waals surface area contributed by atoms with Crippen molar-refractivity contribution in [3.05, 3.63) is 62.4 Å². The van der Waals surface area contributed by atoms with Crippen LogP contribution in [0.4, 0.5) is 8.78 Å². The zero-order valence-corrected chi connectivity index (χ0v) is 14.0. The van der Waals surface area contributed by atoms with Gasteiger partial charge in [-0.15, -0.1) is 0 Å². The molecule has 130 valence electrons. The topological polar surface area (TPSA) is 81.4 Å². The van der Waals surface area contributed by atoms with Crippen LogP contribution >= 0.6 is 0 Å². The first-order valence-corrected chi connectivity index (χ1v) is 8.16. The zero-order valence-electron chi connectivity index (χ0n) is 13.2. The highest BCUT2D eigenvalue weighted by Gasteiger charge is 2.27. The molecule has 0 saturated heterocycles. The van der Waals surface area contributed by atoms with Crippen LogP contribution < -0.4 is 11.2 Å². The van der Waals surface area contributed by atoms with Crippen LogP contribution in [-0.4, -0.2) is 28.9 Å². The number of benzene rings is 1. The number of hydrogen-bond acceptors (Lipinski definition) is 4. The van der Waals surface area contributed by atoms with E-state index in [-0.39, 0.29) is 5.56 Å². The molecule has 2 rings (SSSR count). The second kappa shape index (κ2) is 6.29. The van der Waals surface area contributed by atoms with Crippen molar-refractivity contribution in [1.29, 1.82) is 0 Å². The fourth-order valence-corrected chi connectivity index (χ4v) is 3.39. The minimum atomic E-state index is -4.28. The molecule has 1 aromatic heterocycles. The summed E-state index contributed by atoms with van der Waals surface area (Å²) in [6.07, 6.45) is 0.914. The predicted octanol–water partition coefficient (Wildman–Crippen LogP) is 0.183. The largest absolute Gasteiger partial charge is 0.330 e. The van der Waals surface area contributed by atoms with Crippen molar-refractivity contribution in [1.82, 2.24) is 13.4 Å². The van der Waals surface area contributed by atoms with E-state index in [2.05, 4.69) is 0 Å². The van der Waals surface area contributed by atoms with Crippen LogP contribution in [0.3, 0.4) is 0 Å². The number of hydrogen-bond donors (Lipinski definition) is 0. The average Bonchev–Trinajstić information content (AvgIpc) is 2.51. The lowest BCUT2D eigenvalue weighted by molar-refractivity contribution is 0.451. The quantitative estimate of drug-likeness (QED) is 0.780. The Balaban J connectivity index is 2.47. The molecule has 0 atom stereocenters. The molecule has 1 aromatic carbocycles. The van der Waals surface area contributed by atoms with E-state index in [1.807, 2.05) is 0 Å². The number of aromatic nitrogens is 2. The molecule has 0 bridgehead atoms. The number of aryl methyl sites for hydroxylation is 1. The summed E-state index contributed by atoms with van der Waals surface area (Å²) in [5.74, 6) is -1.68. The minimum Gasteiger partial charge on any atom is -0.302 e. The summed E-state index contributed by atoms with van der Waals surface area (Å²) in [6.45, 7) is -0.402. The zero-order chi connectivity index (χ0) is 18.2. The summed E-state index contributed by atoms with van der Waals surface area (Å²) >= 11 is 0. The van der Waals surface area contributed by atoms with Crippen molar-refractivity contribution < 1.29 is 17.2 Å². The van der Waals surface area contributed by atoms with Crippen molar-refractivity contribution in [2.45, 2.75) is 11.4 Å². The van der Waals surface area contributed by atoms with Gasteiger partial charge in [0.05, 0.1) is 0 Å². The molecular weight excluding hydrogens is 344 g/mol. The van der Waals surface area contributed by atoms with Gasteiger partial charge in [-0.3, -0.25) is 9.36 Å². The van der Waals surface area contributed by atoms with E-state index in [1.165, 1.54) is 7.05 Å². The lowest BCUT2D eigenvalue weighted by atomic mass is 10.2. The molecule has 0 aliphatic heterocycles. The Morgan fingerprint density at radius 3 is 2.38 bits per heavy atom. The maximum Gasteiger partial charge on any atom is 0.330 e. The average molecular weight is 359 g/mol. The van der Waals surface area contributed by atoms with E-state index < -0.39 is 44.3 Å². The maximum atomic E-state index is 13.7. The highest BCUT2D eigenvalue weighted by molar-refractivity contribution is 7.89. The molecule has 0 radical (unpaired) electrons. The van der Waals surface area contributed by atoms with Crippen molar-refractivity contribution >= 4 is 10.0 Å². The molecule has 0 aliphatic rings. The molecule has 0 N–H and O–H groups in total. The van der Waals surface area contributed by atoms with Gasteiger partial charge in [0, 0.05) is 45.5 Å². The first-order chi connectivity index (χ1) is 11.1. The third-order valence-corrected chi connectivity index (χ3v) is 5.30. The highest BCUT2D eigenvalue weighted by Crippen LogP contribution is 2.16. The number of sulfonamides is 1. The van der Waals surface area contributed by atoms with Gasteiger partial charge in [0.15, 0.2) is 4.90 Å². The Morgan fingerprint density at radius 2 is 1.79 bits per heavy atom. The van der Waals surface area contributed by atoms with Gasteiger partial charge in [0.25, 0.3) is 5.56 Å². The van der Waals surface area contributed by atoms with E-state index >= 15 is 0 Å². The predicted molar refractivity (Wildman–Crippen MR) is 81.9 cm³/mol. The molecule has 24 heavy (non-hydrogen) atoms. The molecule has 7 nitrogen and oxygen atoms in total. The van der Waals surface area contributed by atoms with Gasteiger partial charge in [-0.05, 0) is 6.07 Å². The Labute approximate surface area is 136 Å². The van der Waals surface area contributed by atoms with Gasteiger partial charge < -0.3 is 4.57 Å². The minimum absolute atomic E-state index is 0.0517. The second-order valence-corrected chi connectivity index (χ2v) is 7.26. The molecular formula is C14H15F2N3O4S. The SMILES string of the molecule is CN(Cc1ccc(F)cc1F)S(=O)(=O)c1cn(C)c(=O)n(C)c1=O. The molecule has 1 heterocycles. The van der Waals surface area contributed by atoms with Crippen LogP contribution in [0.25, 0.3) is 0 Å². The van der Waals surface area contributed by atoms with Crippen LogP contribution in [-0.2, 0) is 30.7 Å². The second-order valence-electron chi connectivity index (χ2n) is 5.25. The maximum absolute atomic E-state index is 13.7. The number of rotatable bonds is 4. The molecule has 0 aliphatic carbocycles. The smallest absolute Gasteiger partial charge is 0.302 e. The van der Waals surface area contributed by atoms with Crippen molar-refractivity contribution in [3.8, 4) is 0 Å². The Morgan fingerprint density at radius 1 is 1.17 bits per heavy atom. The Hall–Kier alpha value is -2.33. The van der Waals surface area contributed by atoms with Gasteiger partial charge in [-0.2, -0.15) is 4.31 Å². The van der Waals surface area contributed by atoms with Gasteiger partial charge in [-0.25, -0.2) is 22.0 Å². The van der Waals surface area contributed by atoms with Gasteiger partial charge in [0.2, 0.25) is 10.0 Å². The number of nitrogens with zero attached hydrogens (tertiary/aromatic N) is 3. The Bertz CT molecular complexity index is 1010. The highest BCUT2D eigenvalue weighted by atomic mass is 32.2. The summed E-state index contributed by atoms with van der Waals surface area (Å²) in [4.78, 5) is 23.1. The third-order valence-electron chi connectivity index (χ3n) is 3.51. The molecule has 0 unspecified atom stereocenters. The monoisotopic (exact) mass is 359 g/mol. The van der Waals surface area contributed by atoms with Crippen LogP contribution in [0.2, 0.25) is 0 Å². The summed E-state index contributed by atoms with van der Waals surface area (Å²) in [5.41, 5.74) is -1.71. The Kier molecular flexibility index (Phi) is 4.72. The lowest BCUT2D eigenvalue weighted by Gasteiger charge is -2.18. The van der Waals surface area contributed by atoms with Crippen molar-refractivity contribution in [3.63, 3.8) is 0 Å². The van der Waals surface area contributed by atoms with Crippen molar-refractivity contribution in [2.75, 3.05) is 7.05 Å². The van der Waals surface area contributed by atoms with Gasteiger partial charge in [-0.1, -0.05) is 6.07 Å². The van der Waals surface area contributed by atoms with Crippen LogP contribution in [0.5, 0.6) is 0 Å². The summed E-state index contributed by atoms with van der Waals surface area (Å²) < 4.78 is 54.1. The van der Waals surface area contributed by atoms with Crippen LogP contribution in [0, 0.1) is 11.6 Å². The summed E-state index contributed by atoms with van der Waals surface area (Å²) in [6, 6.07) is 2.76. The third kappa shape index (κ3) is 3.15. The summed E-state index contributed by atoms with van der Waals surface area (Å²) in [5, 5.41) is 0. The fourth-order valence-electron chi connectivity index (χ4n) is 2.09. The van der Waals surface area contributed by atoms with E-state index in [9.17, 15) is 26.8 Å². The van der Waals surface area contributed by atoms with E-state index in [0.29, 0.717) is 10.6 Å². The molecule has 0 spiro atoms. The first-order valence-electron chi connectivity index (χ1n) is 6.72. The number of halogens is 2. The van der Waals surface area contributed by atoms with E-state index in [4.69, 9.17) is 0 Å². The van der Waals surface area contributed by atoms with Crippen LogP contribution in [0.1, 0.15) is 5.56 Å². The fraction of sp³-hybridized carbons (Fsp3) is 0.286. The molecule has 10 heteroatoms. The standard InChI is InChI=1S/C14H15F2N3O4S/c1-17-8-12(13(20)19(3)14(17)21)24(22,23)18(2)7-9-4-5-10(15)6-11(9)16/h4-6,8H,7H2,1-3H3. The first kappa shape index (κ1) is 18.0. The molecule has 0 saturated carbocycles. The molecule has 2 aromatic rings. The normalized spacial score (nSPS) is 11.9. The van der Waals surface area contributed by atoms with E-state index in [1.54, 1.807) is 0 Å². The lowest BCUT2D eigenvalue weighted by Crippen LogP contribution is -2.41. The molecule has 0 fully saturated rings. The molecule has 0 amide bonds. The van der Waals surface area contributed by atoms with Gasteiger partial charge >= 0.3 is 5.69 Å².